The molecule has 0 unspecified atom stereocenters. The molecule has 0 aromatic carbocycles. The summed E-state index contributed by atoms with van der Waals surface area (Å²) in [6.45, 7) is 5.55. The molecule has 1 aliphatic carbocycles. The summed E-state index contributed by atoms with van der Waals surface area (Å²) in [5, 5.41) is 0. The summed E-state index contributed by atoms with van der Waals surface area (Å²) >= 11 is 0. The van der Waals surface area contributed by atoms with Gasteiger partial charge in [-0.05, 0) is 32.1 Å². The standard InChI is InChI=1S/C15H25NO4/c1-2-18-13-8-12(9-13)10-14(17)16-5-3-4-15(11-16)19-6-7-20-15/h12-13H,2-11H2,1H3. The first-order valence-electron chi connectivity index (χ1n) is 7.88. The lowest BCUT2D eigenvalue weighted by Crippen LogP contribution is -2.51. The molecule has 5 nitrogen and oxygen atoms in total. The summed E-state index contributed by atoms with van der Waals surface area (Å²) in [6, 6.07) is 0. The van der Waals surface area contributed by atoms with Gasteiger partial charge in [-0.2, -0.15) is 0 Å². The highest BCUT2D eigenvalue weighted by Gasteiger charge is 2.42. The molecule has 2 heterocycles. The van der Waals surface area contributed by atoms with Gasteiger partial charge in [0.25, 0.3) is 0 Å². The molecule has 20 heavy (non-hydrogen) atoms. The van der Waals surface area contributed by atoms with Gasteiger partial charge in [-0.15, -0.1) is 0 Å². The Hall–Kier alpha value is -0.650. The zero-order chi connectivity index (χ0) is 14.0. The van der Waals surface area contributed by atoms with E-state index in [1.54, 1.807) is 0 Å². The van der Waals surface area contributed by atoms with E-state index in [1.165, 1.54) is 0 Å². The summed E-state index contributed by atoms with van der Waals surface area (Å²) in [6.07, 6.45) is 4.98. The minimum absolute atomic E-state index is 0.253. The van der Waals surface area contributed by atoms with Crippen molar-refractivity contribution in [1.82, 2.24) is 4.90 Å². The molecule has 1 saturated carbocycles. The minimum Gasteiger partial charge on any atom is -0.378 e. The third-order valence-electron chi connectivity index (χ3n) is 4.64. The van der Waals surface area contributed by atoms with Crippen molar-refractivity contribution in [3.05, 3.63) is 0 Å². The third-order valence-corrected chi connectivity index (χ3v) is 4.64. The molecule has 0 aromatic heterocycles. The molecule has 5 heteroatoms. The van der Waals surface area contributed by atoms with E-state index in [9.17, 15) is 4.79 Å². The van der Waals surface area contributed by atoms with Crippen LogP contribution in [0, 0.1) is 5.92 Å². The van der Waals surface area contributed by atoms with E-state index < -0.39 is 5.79 Å². The van der Waals surface area contributed by atoms with Gasteiger partial charge in [-0.3, -0.25) is 4.79 Å². The SMILES string of the molecule is CCOC1CC(CC(=O)N2CCCC3(C2)OCCO3)C1. The molecule has 0 bridgehead atoms. The molecular weight excluding hydrogens is 258 g/mol. The average Bonchev–Trinajstić information content (AvgIpc) is 2.84. The van der Waals surface area contributed by atoms with Crippen molar-refractivity contribution in [3.63, 3.8) is 0 Å². The number of nitrogens with zero attached hydrogens (tertiary/aromatic N) is 1. The molecule has 1 spiro atoms. The fourth-order valence-electron chi connectivity index (χ4n) is 3.52. The molecule has 3 rings (SSSR count). The summed E-state index contributed by atoms with van der Waals surface area (Å²) in [5.74, 6) is 0.256. The fraction of sp³-hybridized carbons (Fsp3) is 0.933. The first-order valence-corrected chi connectivity index (χ1v) is 7.88. The van der Waals surface area contributed by atoms with Crippen LogP contribution in [0.5, 0.6) is 0 Å². The number of hydrogen-bond donors (Lipinski definition) is 0. The normalized spacial score (nSPS) is 32.4. The van der Waals surface area contributed by atoms with Gasteiger partial charge in [0.15, 0.2) is 5.79 Å². The lowest BCUT2D eigenvalue weighted by Gasteiger charge is -2.40. The van der Waals surface area contributed by atoms with Crippen molar-refractivity contribution in [3.8, 4) is 0 Å². The Morgan fingerprint density at radius 1 is 1.35 bits per heavy atom. The smallest absolute Gasteiger partial charge is 0.223 e. The zero-order valence-electron chi connectivity index (χ0n) is 12.3. The van der Waals surface area contributed by atoms with Crippen LogP contribution in [0.2, 0.25) is 0 Å². The quantitative estimate of drug-likeness (QED) is 0.785. The van der Waals surface area contributed by atoms with Crippen molar-refractivity contribution >= 4 is 5.91 Å². The van der Waals surface area contributed by atoms with Gasteiger partial charge in [0, 0.05) is 26.0 Å². The second-order valence-corrected chi connectivity index (χ2v) is 6.15. The number of ether oxygens (including phenoxy) is 3. The number of carbonyl (C=O) groups excluding carboxylic acids is 1. The van der Waals surface area contributed by atoms with Gasteiger partial charge in [-0.25, -0.2) is 0 Å². The number of likely N-dealkylation sites (tertiary alicyclic amines) is 1. The first kappa shape index (κ1) is 14.3. The topological polar surface area (TPSA) is 48.0 Å². The summed E-state index contributed by atoms with van der Waals surface area (Å²) < 4.78 is 17.0. The van der Waals surface area contributed by atoms with Crippen molar-refractivity contribution in [2.24, 2.45) is 5.92 Å². The van der Waals surface area contributed by atoms with Gasteiger partial charge < -0.3 is 19.1 Å². The predicted octanol–water partition coefficient (Wildman–Crippen LogP) is 1.56. The fourth-order valence-corrected chi connectivity index (χ4v) is 3.52. The minimum atomic E-state index is -0.499. The molecule has 0 atom stereocenters. The number of carbonyl (C=O) groups is 1. The van der Waals surface area contributed by atoms with Gasteiger partial charge in [0.05, 0.1) is 25.9 Å². The molecule has 0 radical (unpaired) electrons. The van der Waals surface area contributed by atoms with Gasteiger partial charge >= 0.3 is 0 Å². The maximum atomic E-state index is 12.4. The van der Waals surface area contributed by atoms with Crippen LogP contribution >= 0.6 is 0 Å². The summed E-state index contributed by atoms with van der Waals surface area (Å²) in [7, 11) is 0. The van der Waals surface area contributed by atoms with Crippen molar-refractivity contribution in [1.29, 1.82) is 0 Å². The lowest BCUT2D eigenvalue weighted by atomic mass is 9.79. The molecule has 0 aromatic rings. The van der Waals surface area contributed by atoms with Gasteiger partial charge in [0.2, 0.25) is 5.91 Å². The number of amides is 1. The van der Waals surface area contributed by atoms with E-state index in [0.29, 0.717) is 38.2 Å². The van der Waals surface area contributed by atoms with Crippen LogP contribution in [0.25, 0.3) is 0 Å². The molecule has 2 aliphatic heterocycles. The van der Waals surface area contributed by atoms with Crippen LogP contribution in [0.4, 0.5) is 0 Å². The number of hydrogen-bond acceptors (Lipinski definition) is 4. The Kier molecular flexibility index (Phi) is 4.29. The molecule has 3 aliphatic rings. The maximum absolute atomic E-state index is 12.4. The predicted molar refractivity (Wildman–Crippen MR) is 73.2 cm³/mol. The van der Waals surface area contributed by atoms with Crippen molar-refractivity contribution < 1.29 is 19.0 Å². The Morgan fingerprint density at radius 3 is 2.80 bits per heavy atom. The molecule has 3 fully saturated rings. The van der Waals surface area contributed by atoms with E-state index in [2.05, 4.69) is 0 Å². The van der Waals surface area contributed by atoms with E-state index >= 15 is 0 Å². The highest BCUT2D eigenvalue weighted by molar-refractivity contribution is 5.76. The van der Waals surface area contributed by atoms with Crippen LogP contribution in [0.15, 0.2) is 0 Å². The second-order valence-electron chi connectivity index (χ2n) is 6.15. The van der Waals surface area contributed by atoms with Crippen LogP contribution in [-0.2, 0) is 19.0 Å². The van der Waals surface area contributed by atoms with Crippen molar-refractivity contribution in [2.75, 3.05) is 32.9 Å². The average molecular weight is 283 g/mol. The molecule has 1 amide bonds. The Bertz CT molecular complexity index is 348. The van der Waals surface area contributed by atoms with E-state index in [4.69, 9.17) is 14.2 Å². The molecule has 2 saturated heterocycles. The van der Waals surface area contributed by atoms with Crippen LogP contribution in [-0.4, -0.2) is 55.6 Å². The largest absolute Gasteiger partial charge is 0.378 e. The molecular formula is C15H25NO4. The summed E-state index contributed by atoms with van der Waals surface area (Å²) in [4.78, 5) is 14.3. The maximum Gasteiger partial charge on any atom is 0.223 e. The van der Waals surface area contributed by atoms with Gasteiger partial charge in [0.1, 0.15) is 0 Å². The lowest BCUT2D eigenvalue weighted by molar-refractivity contribution is -0.193. The Morgan fingerprint density at radius 2 is 2.10 bits per heavy atom. The zero-order valence-corrected chi connectivity index (χ0v) is 12.3. The molecule has 0 N–H and O–H groups in total. The van der Waals surface area contributed by atoms with E-state index in [-0.39, 0.29) is 5.91 Å². The number of piperidine rings is 1. The molecule has 114 valence electrons. The van der Waals surface area contributed by atoms with Crippen LogP contribution in [0.1, 0.15) is 39.0 Å². The number of rotatable bonds is 4. The van der Waals surface area contributed by atoms with Crippen LogP contribution in [0.3, 0.4) is 0 Å². The monoisotopic (exact) mass is 283 g/mol. The van der Waals surface area contributed by atoms with Crippen LogP contribution < -0.4 is 0 Å². The van der Waals surface area contributed by atoms with E-state index in [0.717, 1.165) is 38.8 Å². The second kappa shape index (κ2) is 6.00. The Balaban J connectivity index is 1.45. The van der Waals surface area contributed by atoms with E-state index in [1.807, 2.05) is 11.8 Å². The first-order chi connectivity index (χ1) is 9.71. The van der Waals surface area contributed by atoms with Gasteiger partial charge in [-0.1, -0.05) is 0 Å². The third kappa shape index (κ3) is 3.00. The Labute approximate surface area is 120 Å². The summed E-state index contributed by atoms with van der Waals surface area (Å²) in [5.41, 5.74) is 0. The highest BCUT2D eigenvalue weighted by atomic mass is 16.7. The highest BCUT2D eigenvalue weighted by Crippen LogP contribution is 2.35. The van der Waals surface area contributed by atoms with Crippen molar-refractivity contribution in [2.45, 2.75) is 50.9 Å².